The molecule has 0 aliphatic carbocycles. The van der Waals surface area contributed by atoms with E-state index in [0.29, 0.717) is 18.8 Å². The zero-order chi connectivity index (χ0) is 20.0. The van der Waals surface area contributed by atoms with Gasteiger partial charge in [0.25, 0.3) is 0 Å². The maximum absolute atomic E-state index is 14.2. The Balaban J connectivity index is 1.64. The topological polar surface area (TPSA) is 72.9 Å². The second-order valence-electron chi connectivity index (χ2n) is 6.41. The molecule has 2 aromatic rings. The molecule has 8 heteroatoms. The Hall–Kier alpha value is -2.45. The quantitative estimate of drug-likeness (QED) is 0.520. The molecule has 1 saturated heterocycles. The van der Waals surface area contributed by atoms with Crippen LogP contribution in [0.15, 0.2) is 53.4 Å². The average molecular weight is 407 g/mol. The summed E-state index contributed by atoms with van der Waals surface area (Å²) in [4.78, 5) is 11.7. The van der Waals surface area contributed by atoms with Crippen molar-refractivity contribution in [3.05, 3.63) is 59.9 Å². The van der Waals surface area contributed by atoms with Gasteiger partial charge in [-0.25, -0.2) is 17.6 Å². The van der Waals surface area contributed by atoms with Crippen molar-refractivity contribution in [1.82, 2.24) is 4.31 Å². The van der Waals surface area contributed by atoms with E-state index >= 15 is 0 Å². The van der Waals surface area contributed by atoms with Crippen molar-refractivity contribution >= 4 is 16.0 Å². The molecule has 6 nitrogen and oxygen atoms in total. The Morgan fingerprint density at radius 1 is 1.00 bits per heavy atom. The third kappa shape index (κ3) is 4.88. The molecule has 0 atom stereocenters. The Morgan fingerprint density at radius 3 is 2.43 bits per heavy atom. The first-order valence-electron chi connectivity index (χ1n) is 9.13. The molecule has 2 aromatic carbocycles. The van der Waals surface area contributed by atoms with Crippen molar-refractivity contribution in [2.45, 2.75) is 24.2 Å². The number of carbonyl (C=O) groups excluding carboxylic acids is 1. The van der Waals surface area contributed by atoms with Crippen molar-refractivity contribution in [3.8, 4) is 5.75 Å². The van der Waals surface area contributed by atoms with E-state index in [9.17, 15) is 17.6 Å². The van der Waals surface area contributed by atoms with Crippen molar-refractivity contribution in [1.29, 1.82) is 0 Å². The van der Waals surface area contributed by atoms with E-state index in [1.165, 1.54) is 10.4 Å². The highest BCUT2D eigenvalue weighted by molar-refractivity contribution is 7.89. The van der Waals surface area contributed by atoms with E-state index in [-0.39, 0.29) is 18.8 Å². The third-order valence-electron chi connectivity index (χ3n) is 4.43. The Labute approximate surface area is 163 Å². The van der Waals surface area contributed by atoms with E-state index in [1.54, 1.807) is 12.1 Å². The number of esters is 1. The van der Waals surface area contributed by atoms with Gasteiger partial charge in [-0.3, -0.25) is 0 Å². The lowest BCUT2D eigenvalue weighted by molar-refractivity contribution is 0.0450. The summed E-state index contributed by atoms with van der Waals surface area (Å²) in [5, 5.41) is 0. The SMILES string of the molecule is O=C(OCCOc1ccccc1)c1ccc(F)c(S(=O)(=O)N2CCCCC2)c1. The van der Waals surface area contributed by atoms with Crippen molar-refractivity contribution < 1.29 is 27.1 Å². The Bertz CT molecular complexity index is 911. The van der Waals surface area contributed by atoms with Gasteiger partial charge in [0.15, 0.2) is 0 Å². The van der Waals surface area contributed by atoms with Crippen LogP contribution >= 0.6 is 0 Å². The summed E-state index contributed by atoms with van der Waals surface area (Å²) >= 11 is 0. The van der Waals surface area contributed by atoms with Crippen LogP contribution in [0, 0.1) is 5.82 Å². The average Bonchev–Trinajstić information content (AvgIpc) is 2.72. The molecule has 150 valence electrons. The minimum Gasteiger partial charge on any atom is -0.490 e. The molecule has 0 saturated carbocycles. The number of benzene rings is 2. The second kappa shape index (κ2) is 9.16. The van der Waals surface area contributed by atoms with Gasteiger partial charge >= 0.3 is 5.97 Å². The van der Waals surface area contributed by atoms with E-state index < -0.39 is 26.7 Å². The van der Waals surface area contributed by atoms with Gasteiger partial charge in [-0.05, 0) is 43.2 Å². The standard InChI is InChI=1S/C20H22FNO5S/c21-18-10-9-16(15-19(18)28(24,25)22-11-5-2-6-12-22)20(23)27-14-13-26-17-7-3-1-4-8-17/h1,3-4,7-10,15H,2,5-6,11-14H2. The first-order chi connectivity index (χ1) is 13.5. The lowest BCUT2D eigenvalue weighted by Crippen LogP contribution is -2.36. The fourth-order valence-corrected chi connectivity index (χ4v) is 4.57. The molecule has 0 N–H and O–H groups in total. The van der Waals surface area contributed by atoms with Crippen molar-refractivity contribution in [2.75, 3.05) is 26.3 Å². The fourth-order valence-electron chi connectivity index (χ4n) is 2.97. The number of hydrogen-bond donors (Lipinski definition) is 0. The van der Waals surface area contributed by atoms with E-state index in [2.05, 4.69) is 0 Å². The molecule has 0 aromatic heterocycles. The van der Waals surface area contributed by atoms with Crippen LogP contribution in [0.2, 0.25) is 0 Å². The predicted octanol–water partition coefficient (Wildman–Crippen LogP) is 3.24. The molecular weight excluding hydrogens is 385 g/mol. The van der Waals surface area contributed by atoms with Crippen LogP contribution in [-0.4, -0.2) is 45.0 Å². The number of sulfonamides is 1. The summed E-state index contributed by atoms with van der Waals surface area (Å²) in [7, 11) is -3.98. The molecule has 0 unspecified atom stereocenters. The molecule has 0 amide bonds. The largest absolute Gasteiger partial charge is 0.490 e. The zero-order valence-corrected chi connectivity index (χ0v) is 16.2. The molecule has 1 aliphatic heterocycles. The highest BCUT2D eigenvalue weighted by Crippen LogP contribution is 2.24. The van der Waals surface area contributed by atoms with E-state index in [4.69, 9.17) is 9.47 Å². The number of ether oxygens (including phenoxy) is 2. The minimum absolute atomic E-state index is 0.0146. The lowest BCUT2D eigenvalue weighted by Gasteiger charge is -2.26. The first kappa shape index (κ1) is 20.3. The first-order valence-corrected chi connectivity index (χ1v) is 10.6. The molecule has 0 radical (unpaired) electrons. The third-order valence-corrected chi connectivity index (χ3v) is 6.34. The minimum atomic E-state index is -3.98. The normalized spacial score (nSPS) is 15.2. The summed E-state index contributed by atoms with van der Waals surface area (Å²) in [6, 6.07) is 12.3. The summed E-state index contributed by atoms with van der Waals surface area (Å²) in [6.07, 6.45) is 2.43. The highest BCUT2D eigenvalue weighted by atomic mass is 32.2. The number of nitrogens with zero attached hydrogens (tertiary/aromatic N) is 1. The van der Waals surface area contributed by atoms with Crippen molar-refractivity contribution in [2.24, 2.45) is 0 Å². The maximum atomic E-state index is 14.2. The molecule has 3 rings (SSSR count). The van der Waals surface area contributed by atoms with E-state index in [0.717, 1.165) is 31.4 Å². The van der Waals surface area contributed by atoms with Crippen LogP contribution in [-0.2, 0) is 14.8 Å². The van der Waals surface area contributed by atoms with Gasteiger partial charge in [0.1, 0.15) is 29.7 Å². The van der Waals surface area contributed by atoms with Crippen LogP contribution in [0.1, 0.15) is 29.6 Å². The van der Waals surface area contributed by atoms with Gasteiger partial charge in [-0.2, -0.15) is 4.31 Å². The van der Waals surface area contributed by atoms with E-state index in [1.807, 2.05) is 18.2 Å². The smallest absolute Gasteiger partial charge is 0.338 e. The number of carbonyl (C=O) groups is 1. The van der Waals surface area contributed by atoms with Crippen LogP contribution in [0.3, 0.4) is 0 Å². The molecule has 0 bridgehead atoms. The van der Waals surface area contributed by atoms with Crippen LogP contribution < -0.4 is 4.74 Å². The molecule has 28 heavy (non-hydrogen) atoms. The fraction of sp³-hybridized carbons (Fsp3) is 0.350. The predicted molar refractivity (Wildman–Crippen MR) is 101 cm³/mol. The number of piperidine rings is 1. The summed E-state index contributed by atoms with van der Waals surface area (Å²) < 4.78 is 51.4. The number of rotatable bonds is 7. The second-order valence-corrected chi connectivity index (χ2v) is 8.31. The zero-order valence-electron chi connectivity index (χ0n) is 15.3. The maximum Gasteiger partial charge on any atom is 0.338 e. The monoisotopic (exact) mass is 407 g/mol. The highest BCUT2D eigenvalue weighted by Gasteiger charge is 2.29. The van der Waals surface area contributed by atoms with Crippen LogP contribution in [0.25, 0.3) is 0 Å². The van der Waals surface area contributed by atoms with Gasteiger partial charge in [-0.1, -0.05) is 24.6 Å². The molecule has 1 aliphatic rings. The van der Waals surface area contributed by atoms with Crippen LogP contribution in [0.4, 0.5) is 4.39 Å². The summed E-state index contributed by atoms with van der Waals surface area (Å²) in [6.45, 7) is 0.843. The summed E-state index contributed by atoms with van der Waals surface area (Å²) in [5.41, 5.74) is -0.0169. The van der Waals surface area contributed by atoms with Gasteiger partial charge in [0.05, 0.1) is 5.56 Å². The van der Waals surface area contributed by atoms with Gasteiger partial charge in [-0.15, -0.1) is 0 Å². The van der Waals surface area contributed by atoms with Gasteiger partial charge in [0.2, 0.25) is 10.0 Å². The molecule has 1 fully saturated rings. The lowest BCUT2D eigenvalue weighted by atomic mass is 10.2. The van der Waals surface area contributed by atoms with Gasteiger partial charge in [0, 0.05) is 13.1 Å². The molecule has 0 spiro atoms. The summed E-state index contributed by atoms with van der Waals surface area (Å²) in [5.74, 6) is -0.962. The number of para-hydroxylation sites is 1. The van der Waals surface area contributed by atoms with Crippen LogP contribution in [0.5, 0.6) is 5.75 Å². The molecule has 1 heterocycles. The van der Waals surface area contributed by atoms with Gasteiger partial charge < -0.3 is 9.47 Å². The number of halogens is 1. The Kier molecular flexibility index (Phi) is 6.64. The number of hydrogen-bond acceptors (Lipinski definition) is 5. The van der Waals surface area contributed by atoms with Crippen molar-refractivity contribution in [3.63, 3.8) is 0 Å². The Morgan fingerprint density at radius 2 is 1.71 bits per heavy atom. The molecular formula is C20H22FNO5S.